The Hall–Kier alpha value is -6.16. The van der Waals surface area contributed by atoms with Crippen molar-refractivity contribution in [1.82, 2.24) is 35.6 Å². The Morgan fingerprint density at radius 2 is 1.65 bits per heavy atom. The third-order valence-corrected chi connectivity index (χ3v) is 13.2. The first-order chi connectivity index (χ1) is 28.8. The van der Waals surface area contributed by atoms with Crippen molar-refractivity contribution in [2.24, 2.45) is 5.92 Å². The molecule has 0 saturated carbocycles. The molecule has 0 unspecified atom stereocenters. The Kier molecular flexibility index (Phi) is 9.52. The third-order valence-electron chi connectivity index (χ3n) is 13.2. The minimum absolute atomic E-state index is 0.144. The molecule has 4 saturated heterocycles. The minimum atomic E-state index is -2.04. The van der Waals surface area contributed by atoms with Crippen molar-refractivity contribution in [1.29, 1.82) is 0 Å². The van der Waals surface area contributed by atoms with Crippen LogP contribution in [0.15, 0.2) is 91.1 Å². The number of nitrogens with zero attached hydrogens (tertiary/aromatic N) is 3. The number of piperazine rings is 1. The number of hydrogen-bond donors (Lipinski definition) is 5. The van der Waals surface area contributed by atoms with E-state index in [1.54, 1.807) is 42.2 Å². The first kappa shape index (κ1) is 39.3. The van der Waals surface area contributed by atoms with Crippen LogP contribution in [0.1, 0.15) is 55.4 Å². The highest BCUT2D eigenvalue weighted by Crippen LogP contribution is 2.46. The van der Waals surface area contributed by atoms with Crippen LogP contribution in [0.2, 0.25) is 0 Å². The topological polar surface area (TPSA) is 193 Å². The summed E-state index contributed by atoms with van der Waals surface area (Å²) in [6.45, 7) is 4.19. The van der Waals surface area contributed by atoms with E-state index in [1.807, 2.05) is 49.5 Å². The lowest BCUT2D eigenvalue weighted by molar-refractivity contribution is -0.315. The van der Waals surface area contributed by atoms with Crippen LogP contribution in [0, 0.1) is 5.92 Å². The average molecular weight is 814 g/mol. The number of hydrogen-bond acceptors (Lipinski definition) is 9. The summed E-state index contributed by atoms with van der Waals surface area (Å²) in [6, 6.07) is 22.1. The summed E-state index contributed by atoms with van der Waals surface area (Å²) in [5, 5.41) is 20.4. The molecular weight excluding hydrogens is 767 g/mol. The number of imide groups is 2. The Morgan fingerprint density at radius 1 is 0.950 bits per heavy atom. The van der Waals surface area contributed by atoms with Crippen LogP contribution in [-0.2, 0) is 47.0 Å². The maximum absolute atomic E-state index is 14.2. The fourth-order valence-corrected chi connectivity index (χ4v) is 10.2. The van der Waals surface area contributed by atoms with E-state index >= 15 is 0 Å². The molecule has 4 aromatic rings. The van der Waals surface area contributed by atoms with Gasteiger partial charge in [-0.15, -0.1) is 0 Å². The molecule has 1 aromatic heterocycles. The predicted octanol–water partition coefficient (Wildman–Crippen LogP) is 2.69. The highest BCUT2D eigenvalue weighted by molar-refractivity contribution is 6.22. The van der Waals surface area contributed by atoms with E-state index in [0.717, 1.165) is 28.6 Å². The molecule has 6 heterocycles. The Balaban J connectivity index is 0.000000228. The molecule has 7 amide bonds. The number of ether oxygens (including phenoxy) is 1. The molecule has 5 N–H and O–H groups in total. The van der Waals surface area contributed by atoms with Gasteiger partial charge in [-0.1, -0.05) is 85.8 Å². The fourth-order valence-electron chi connectivity index (χ4n) is 10.2. The molecule has 5 aliphatic heterocycles. The van der Waals surface area contributed by atoms with Gasteiger partial charge in [0.05, 0.1) is 5.92 Å². The second kappa shape index (κ2) is 14.5. The van der Waals surface area contributed by atoms with E-state index in [9.17, 15) is 33.9 Å². The molecule has 0 spiro atoms. The van der Waals surface area contributed by atoms with E-state index in [2.05, 4.69) is 44.2 Å². The fraction of sp³-hybridized carbons (Fsp3) is 0.378. The third kappa shape index (κ3) is 6.05. The van der Waals surface area contributed by atoms with Crippen LogP contribution in [0.5, 0.6) is 0 Å². The first-order valence-electron chi connectivity index (χ1n) is 20.5. The van der Waals surface area contributed by atoms with Gasteiger partial charge in [0.25, 0.3) is 11.8 Å². The molecule has 1 aliphatic carbocycles. The zero-order valence-corrected chi connectivity index (χ0v) is 33.6. The number of carbonyl (C=O) groups is 6. The number of H-pyrrole nitrogens is 1. The zero-order valence-electron chi connectivity index (χ0n) is 33.6. The second-order valence-electron chi connectivity index (χ2n) is 16.6. The number of urea groups is 1. The summed E-state index contributed by atoms with van der Waals surface area (Å²) in [4.78, 5) is 85.2. The van der Waals surface area contributed by atoms with E-state index in [4.69, 9.17) is 4.74 Å². The van der Waals surface area contributed by atoms with Crippen molar-refractivity contribution in [3.8, 4) is 0 Å². The molecule has 4 fully saturated rings. The zero-order chi connectivity index (χ0) is 42.1. The van der Waals surface area contributed by atoms with Crippen LogP contribution in [0.25, 0.3) is 16.5 Å². The SMILES string of the molecule is CCC1(c2ccccc2)C(=O)NC(=O)NC1=O.CN1C[C@H](C(=O)N[C@]2(C)O[C@@]3(O)[C@@H]4CCCN4C(=O)[C@H](Cc4ccccc4)N3C2=O)C=C2c3cccc4[nH]cc(c34)C[C@H]21. The lowest BCUT2D eigenvalue weighted by Crippen LogP contribution is -2.71. The van der Waals surface area contributed by atoms with Crippen molar-refractivity contribution >= 4 is 52.0 Å². The molecular formula is C45H47N7O8. The number of likely N-dealkylation sites (N-methyl/N-ethyl adjacent to an activating group) is 1. The monoisotopic (exact) mass is 813 g/mol. The molecule has 10 rings (SSSR count). The number of benzene rings is 3. The average Bonchev–Trinajstić information content (AvgIpc) is 3.95. The molecule has 0 bridgehead atoms. The molecule has 15 heteroatoms. The lowest BCUT2D eigenvalue weighted by atomic mass is 9.75. The van der Waals surface area contributed by atoms with Gasteiger partial charge >= 0.3 is 6.03 Å². The summed E-state index contributed by atoms with van der Waals surface area (Å²) in [5.41, 5.74) is 2.86. The van der Waals surface area contributed by atoms with Gasteiger partial charge < -0.3 is 20.3 Å². The molecule has 3 aromatic carbocycles. The Morgan fingerprint density at radius 3 is 2.35 bits per heavy atom. The molecule has 6 aliphatic rings. The number of fused-ring (bicyclic) bond motifs is 5. The Labute approximate surface area is 346 Å². The number of barbiturate groups is 1. The number of nitrogens with one attached hydrogen (secondary N) is 4. The Bertz CT molecular complexity index is 2450. The van der Waals surface area contributed by atoms with E-state index in [0.29, 0.717) is 37.9 Å². The first-order valence-corrected chi connectivity index (χ1v) is 20.5. The molecule has 60 heavy (non-hydrogen) atoms. The van der Waals surface area contributed by atoms with Crippen LogP contribution >= 0.6 is 0 Å². The van der Waals surface area contributed by atoms with Crippen molar-refractivity contribution in [2.75, 3.05) is 20.1 Å². The summed E-state index contributed by atoms with van der Waals surface area (Å²) in [7, 11) is 2.02. The molecule has 6 atom stereocenters. The summed E-state index contributed by atoms with van der Waals surface area (Å²) >= 11 is 0. The van der Waals surface area contributed by atoms with Crippen LogP contribution in [-0.4, -0.2) is 110 Å². The van der Waals surface area contributed by atoms with Gasteiger partial charge in [0.1, 0.15) is 12.1 Å². The van der Waals surface area contributed by atoms with E-state index < -0.39 is 58.8 Å². The minimum Gasteiger partial charge on any atom is -0.361 e. The van der Waals surface area contributed by atoms with Gasteiger partial charge in [-0.05, 0) is 73.5 Å². The number of aromatic amines is 1. The maximum Gasteiger partial charge on any atom is 0.328 e. The quantitative estimate of drug-likeness (QED) is 0.182. The van der Waals surface area contributed by atoms with Crippen molar-refractivity contribution in [3.63, 3.8) is 0 Å². The van der Waals surface area contributed by atoms with Gasteiger partial charge in [0.15, 0.2) is 5.41 Å². The molecule has 15 nitrogen and oxygen atoms in total. The summed E-state index contributed by atoms with van der Waals surface area (Å²) < 4.78 is 6.23. The van der Waals surface area contributed by atoms with Crippen molar-refractivity contribution in [3.05, 3.63) is 113 Å². The number of rotatable bonds is 6. The van der Waals surface area contributed by atoms with Gasteiger partial charge in [-0.3, -0.25) is 49.1 Å². The second-order valence-corrected chi connectivity index (χ2v) is 16.6. The number of aromatic nitrogens is 1. The van der Waals surface area contributed by atoms with Gasteiger partial charge in [0, 0.05) is 42.7 Å². The summed E-state index contributed by atoms with van der Waals surface area (Å²) in [6.07, 6.45) is 6.67. The van der Waals surface area contributed by atoms with E-state index in [1.165, 1.54) is 22.8 Å². The predicted molar refractivity (Wildman–Crippen MR) is 218 cm³/mol. The van der Waals surface area contributed by atoms with Gasteiger partial charge in [-0.25, -0.2) is 4.79 Å². The highest BCUT2D eigenvalue weighted by atomic mass is 16.7. The van der Waals surface area contributed by atoms with Gasteiger partial charge in [-0.2, -0.15) is 0 Å². The van der Waals surface area contributed by atoms with Crippen LogP contribution < -0.4 is 16.0 Å². The normalized spacial score (nSPS) is 29.1. The largest absolute Gasteiger partial charge is 0.361 e. The number of amides is 7. The summed E-state index contributed by atoms with van der Waals surface area (Å²) in [5.74, 6) is -4.91. The number of carbonyl (C=O) groups excluding carboxylic acids is 6. The molecule has 310 valence electrons. The van der Waals surface area contributed by atoms with E-state index in [-0.39, 0.29) is 24.3 Å². The van der Waals surface area contributed by atoms with Crippen molar-refractivity contribution < 1.29 is 38.6 Å². The van der Waals surface area contributed by atoms with Crippen LogP contribution in [0.4, 0.5) is 4.79 Å². The lowest BCUT2D eigenvalue weighted by Gasteiger charge is -2.48. The van der Waals surface area contributed by atoms with Gasteiger partial charge in [0.2, 0.25) is 29.4 Å². The smallest absolute Gasteiger partial charge is 0.328 e. The molecule has 0 radical (unpaired) electrons. The highest BCUT2D eigenvalue weighted by Gasteiger charge is 2.70. The maximum atomic E-state index is 14.2. The standard InChI is InChI=1S/C33H35N5O5.C12H12N2O3/c1-32(35-29(39)21-15-23-22-10-6-11-24-28(22)20(17-34-24)16-25(23)36(2)18-21)31(41)38-26(14-19-8-4-3-5-9-19)30(40)37-13-7-12-27(37)33(38,42)43-32;1-2-12(8-6-4-3-5-7-8)9(15)13-11(17)14-10(12)16/h3-6,8-11,15,17,21,25-27,34,42H,7,12-14,16,18H2,1-2H3,(H,35,39);3-7H,2H2,1H3,(H2,13,14,15,16,17)/t21-,25-,26+,27+,32-,33+;/m1./s1. The van der Waals surface area contributed by atoms with Crippen LogP contribution in [0.3, 0.4) is 0 Å². The van der Waals surface area contributed by atoms with Crippen molar-refractivity contribution in [2.45, 2.75) is 81.1 Å². The number of aliphatic hydroxyl groups is 1.